The van der Waals surface area contributed by atoms with Gasteiger partial charge in [0.25, 0.3) is 0 Å². The Balaban J connectivity index is 1.36. The number of amides is 1. The fourth-order valence-corrected chi connectivity index (χ4v) is 4.30. The first kappa shape index (κ1) is 18.3. The molecule has 1 amide bonds. The number of benzene rings is 1. The molecule has 27 heavy (non-hydrogen) atoms. The summed E-state index contributed by atoms with van der Waals surface area (Å²) in [6.45, 7) is 2.01. The zero-order chi connectivity index (χ0) is 19.0. The minimum absolute atomic E-state index is 0.0706. The Labute approximate surface area is 157 Å². The summed E-state index contributed by atoms with van der Waals surface area (Å²) < 4.78 is 27.7. The zero-order valence-electron chi connectivity index (χ0n) is 15.2. The minimum Gasteiger partial charge on any atom is -0.353 e. The minimum atomic E-state index is -1.14. The van der Waals surface area contributed by atoms with Crippen LogP contribution in [0.25, 0.3) is 0 Å². The summed E-state index contributed by atoms with van der Waals surface area (Å²) in [6, 6.07) is 6.50. The van der Waals surface area contributed by atoms with Crippen LogP contribution in [0.15, 0.2) is 18.2 Å². The van der Waals surface area contributed by atoms with Crippen molar-refractivity contribution in [1.82, 2.24) is 15.5 Å². The maximum atomic E-state index is 14.2. The van der Waals surface area contributed by atoms with Crippen molar-refractivity contribution in [3.63, 3.8) is 0 Å². The number of nitrogens with zero attached hydrogens (tertiary/aromatic N) is 2. The number of carbonyl (C=O) groups excluding carboxylic acids is 1. The average Bonchev–Trinajstić information content (AvgIpc) is 3.48. The molecular formula is C20H24F2N4O. The summed E-state index contributed by atoms with van der Waals surface area (Å²) in [4.78, 5) is 15.0. The number of carbonyl (C=O) groups is 1. The van der Waals surface area contributed by atoms with Gasteiger partial charge in [0.2, 0.25) is 5.91 Å². The molecule has 3 unspecified atom stereocenters. The van der Waals surface area contributed by atoms with Crippen LogP contribution >= 0.6 is 0 Å². The second-order valence-corrected chi connectivity index (χ2v) is 7.92. The van der Waals surface area contributed by atoms with Crippen LogP contribution in [0, 0.1) is 23.1 Å². The predicted molar refractivity (Wildman–Crippen MR) is 95.9 cm³/mol. The van der Waals surface area contributed by atoms with Gasteiger partial charge in [-0.25, -0.2) is 8.78 Å². The molecule has 0 aromatic heterocycles. The molecule has 3 aliphatic rings. The Morgan fingerprint density at radius 1 is 1.41 bits per heavy atom. The van der Waals surface area contributed by atoms with Crippen LogP contribution in [0.2, 0.25) is 0 Å². The normalized spacial score (nSPS) is 29.4. The first-order chi connectivity index (χ1) is 13.0. The van der Waals surface area contributed by atoms with E-state index in [9.17, 15) is 13.6 Å². The number of piperidine rings is 1. The lowest BCUT2D eigenvalue weighted by Gasteiger charge is -2.36. The summed E-state index contributed by atoms with van der Waals surface area (Å²) in [5, 5.41) is 14.8. The Morgan fingerprint density at radius 2 is 2.22 bits per heavy atom. The van der Waals surface area contributed by atoms with E-state index in [0.717, 1.165) is 36.9 Å². The van der Waals surface area contributed by atoms with Crippen molar-refractivity contribution in [2.45, 2.75) is 50.0 Å². The van der Waals surface area contributed by atoms with Gasteiger partial charge in [0.1, 0.15) is 17.5 Å². The van der Waals surface area contributed by atoms with Crippen molar-refractivity contribution in [1.29, 1.82) is 5.26 Å². The highest BCUT2D eigenvalue weighted by atomic mass is 19.1. The van der Waals surface area contributed by atoms with Gasteiger partial charge in [-0.1, -0.05) is 6.07 Å². The molecule has 0 radical (unpaired) electrons. The van der Waals surface area contributed by atoms with E-state index in [4.69, 9.17) is 5.26 Å². The van der Waals surface area contributed by atoms with Crippen LogP contribution in [0.5, 0.6) is 0 Å². The van der Waals surface area contributed by atoms with Gasteiger partial charge in [0, 0.05) is 26.2 Å². The third-order valence-electron chi connectivity index (χ3n) is 6.17. The summed E-state index contributed by atoms with van der Waals surface area (Å²) in [5.41, 5.74) is 1.54. The lowest BCUT2D eigenvalue weighted by molar-refractivity contribution is -0.128. The van der Waals surface area contributed by atoms with Crippen molar-refractivity contribution < 1.29 is 13.6 Å². The molecule has 2 aliphatic heterocycles. The number of nitriles is 1. The number of hydrogen-bond acceptors (Lipinski definition) is 4. The van der Waals surface area contributed by atoms with Crippen LogP contribution in [-0.2, 0) is 17.8 Å². The molecule has 1 aliphatic carbocycles. The molecule has 0 spiro atoms. The molecule has 2 heterocycles. The monoisotopic (exact) mass is 374 g/mol. The first-order valence-electron chi connectivity index (χ1n) is 9.59. The van der Waals surface area contributed by atoms with E-state index >= 15 is 0 Å². The molecule has 1 saturated carbocycles. The molecule has 2 fully saturated rings. The zero-order valence-corrected chi connectivity index (χ0v) is 15.2. The molecule has 5 nitrogen and oxygen atoms in total. The van der Waals surface area contributed by atoms with E-state index in [-0.39, 0.29) is 30.6 Å². The average molecular weight is 374 g/mol. The van der Waals surface area contributed by atoms with Gasteiger partial charge in [0.15, 0.2) is 0 Å². The third-order valence-corrected chi connectivity index (χ3v) is 6.17. The van der Waals surface area contributed by atoms with Crippen LogP contribution in [0.1, 0.15) is 30.4 Å². The van der Waals surface area contributed by atoms with Gasteiger partial charge in [-0.3, -0.25) is 9.69 Å². The van der Waals surface area contributed by atoms with Gasteiger partial charge in [0.05, 0.1) is 18.0 Å². The number of alkyl halides is 1. The molecule has 1 aromatic rings. The Morgan fingerprint density at radius 3 is 2.93 bits per heavy atom. The molecule has 1 aromatic carbocycles. The van der Waals surface area contributed by atoms with E-state index in [1.807, 2.05) is 6.07 Å². The Hall–Kier alpha value is -2.04. The molecular weight excluding hydrogens is 350 g/mol. The fourth-order valence-electron chi connectivity index (χ4n) is 4.30. The maximum Gasteiger partial charge on any atom is 0.240 e. The second kappa shape index (κ2) is 7.17. The topological polar surface area (TPSA) is 68.2 Å². The van der Waals surface area contributed by atoms with E-state index in [0.29, 0.717) is 13.1 Å². The van der Waals surface area contributed by atoms with Gasteiger partial charge in [-0.2, -0.15) is 5.26 Å². The lowest BCUT2D eigenvalue weighted by atomic mass is 9.94. The van der Waals surface area contributed by atoms with Crippen LogP contribution in [0.3, 0.4) is 0 Å². The highest BCUT2D eigenvalue weighted by Crippen LogP contribution is 2.44. The summed E-state index contributed by atoms with van der Waals surface area (Å²) in [7, 11) is 0. The first-order valence-corrected chi connectivity index (χ1v) is 9.59. The number of nitrogens with one attached hydrogen (secondary N) is 2. The highest BCUT2D eigenvalue weighted by Gasteiger charge is 2.54. The molecule has 4 rings (SSSR count). The summed E-state index contributed by atoms with van der Waals surface area (Å²) in [6.07, 6.45) is 1.43. The number of halogens is 2. The predicted octanol–water partition coefficient (Wildman–Crippen LogP) is 1.67. The molecule has 0 bridgehead atoms. The molecule has 144 valence electrons. The van der Waals surface area contributed by atoms with Crippen LogP contribution < -0.4 is 10.6 Å². The molecule has 7 heteroatoms. The molecule has 3 atom stereocenters. The van der Waals surface area contributed by atoms with Crippen LogP contribution in [-0.4, -0.2) is 48.2 Å². The van der Waals surface area contributed by atoms with Crippen molar-refractivity contribution in [2.75, 3.05) is 19.6 Å². The van der Waals surface area contributed by atoms with E-state index in [1.54, 1.807) is 6.07 Å². The molecule has 1 saturated heterocycles. The van der Waals surface area contributed by atoms with Gasteiger partial charge in [-0.05, 0) is 48.9 Å². The standard InChI is InChI=1S/C20H24F2N4O/c21-16-2-1-14-3-6-26(12-15(14)8-16)20(4-5-20)19(27)25-11-18-17(22)7-13(9-23)10-24-18/h1-2,8,13,17-18,24H,3-7,10-12H2,(H,25,27). The smallest absolute Gasteiger partial charge is 0.240 e. The Kier molecular flexibility index (Phi) is 4.87. The van der Waals surface area contributed by atoms with Crippen molar-refractivity contribution in [3.8, 4) is 6.07 Å². The largest absolute Gasteiger partial charge is 0.353 e. The quantitative estimate of drug-likeness (QED) is 0.841. The number of fused-ring (bicyclic) bond motifs is 1. The van der Waals surface area contributed by atoms with E-state index in [1.165, 1.54) is 6.07 Å². The van der Waals surface area contributed by atoms with Crippen molar-refractivity contribution in [2.24, 2.45) is 5.92 Å². The highest BCUT2D eigenvalue weighted by molar-refractivity contribution is 5.89. The van der Waals surface area contributed by atoms with Gasteiger partial charge < -0.3 is 10.6 Å². The van der Waals surface area contributed by atoms with Crippen LogP contribution in [0.4, 0.5) is 8.78 Å². The van der Waals surface area contributed by atoms with Gasteiger partial charge in [-0.15, -0.1) is 0 Å². The summed E-state index contributed by atoms with van der Waals surface area (Å²) in [5.74, 6) is -0.632. The van der Waals surface area contributed by atoms with Crippen molar-refractivity contribution in [3.05, 3.63) is 35.1 Å². The SMILES string of the molecule is N#CC1CNC(CNC(=O)C2(N3CCc4ccc(F)cc4C3)CC2)C(F)C1. The van der Waals surface area contributed by atoms with Gasteiger partial charge >= 0.3 is 0 Å². The second-order valence-electron chi connectivity index (χ2n) is 7.92. The maximum absolute atomic E-state index is 14.2. The third kappa shape index (κ3) is 3.56. The van der Waals surface area contributed by atoms with E-state index in [2.05, 4.69) is 21.6 Å². The fraction of sp³-hybridized carbons (Fsp3) is 0.600. The molecule has 2 N–H and O–H groups in total. The lowest BCUT2D eigenvalue weighted by Crippen LogP contribution is -2.56. The Bertz CT molecular complexity index is 774. The number of hydrogen-bond donors (Lipinski definition) is 2. The number of rotatable bonds is 4. The van der Waals surface area contributed by atoms with Crippen molar-refractivity contribution >= 4 is 5.91 Å². The van der Waals surface area contributed by atoms with E-state index < -0.39 is 17.8 Å². The summed E-state index contributed by atoms with van der Waals surface area (Å²) >= 11 is 0.